The highest BCUT2D eigenvalue weighted by molar-refractivity contribution is 6.30. The van der Waals surface area contributed by atoms with Gasteiger partial charge in [0.05, 0.1) is 6.54 Å². The molecule has 1 aliphatic rings. The molecule has 24 heavy (non-hydrogen) atoms. The molecule has 0 atom stereocenters. The molecule has 0 bridgehead atoms. The predicted molar refractivity (Wildman–Crippen MR) is 85.5 cm³/mol. The maximum Gasteiger partial charge on any atom is 0.272 e. The summed E-state index contributed by atoms with van der Waals surface area (Å²) in [5.74, 6) is 0.326. The Morgan fingerprint density at radius 1 is 1.38 bits per heavy atom. The fraction of sp³-hybridized carbons (Fsp3) is 0.294. The van der Waals surface area contributed by atoms with Crippen LogP contribution in [0, 0.1) is 6.92 Å². The van der Waals surface area contributed by atoms with Gasteiger partial charge in [-0.05, 0) is 30.2 Å². The van der Waals surface area contributed by atoms with Gasteiger partial charge < -0.3 is 9.64 Å². The molecule has 0 fully saturated rings. The smallest absolute Gasteiger partial charge is 0.272 e. The third-order valence-electron chi connectivity index (χ3n) is 3.85. The second kappa shape index (κ2) is 6.73. The fourth-order valence-corrected chi connectivity index (χ4v) is 2.94. The van der Waals surface area contributed by atoms with E-state index >= 15 is 0 Å². The highest BCUT2D eigenvalue weighted by Crippen LogP contribution is 2.29. The van der Waals surface area contributed by atoms with Crippen LogP contribution in [0.4, 0.5) is 8.78 Å². The lowest BCUT2D eigenvalue weighted by molar-refractivity contribution is 0.0765. The number of aryl methyl sites for hydroxylation is 1. The molecule has 1 aromatic carbocycles. The van der Waals surface area contributed by atoms with Crippen LogP contribution in [0.25, 0.3) is 0 Å². The van der Waals surface area contributed by atoms with E-state index in [1.165, 1.54) is 6.20 Å². The standard InChI is InChI=1S/C17H15ClF2N2O2/c1-10-6-11(2-3-14(10)24-9-15(19)20)7-22-8-13-12(17(22)23)4-5-21-16(13)18/h2-6,15H,7-9H2,1H3. The van der Waals surface area contributed by atoms with E-state index in [1.54, 1.807) is 30.0 Å². The third kappa shape index (κ3) is 3.33. The van der Waals surface area contributed by atoms with Crippen LogP contribution in [0.2, 0.25) is 5.15 Å². The van der Waals surface area contributed by atoms with Crippen molar-refractivity contribution >= 4 is 17.5 Å². The Morgan fingerprint density at radius 3 is 2.83 bits per heavy atom. The number of halogens is 3. The van der Waals surface area contributed by atoms with Crippen molar-refractivity contribution in [3.63, 3.8) is 0 Å². The first-order chi connectivity index (χ1) is 11.5. The minimum absolute atomic E-state index is 0.0926. The highest BCUT2D eigenvalue weighted by Gasteiger charge is 2.29. The van der Waals surface area contributed by atoms with E-state index < -0.39 is 13.0 Å². The fourth-order valence-electron chi connectivity index (χ4n) is 2.72. The summed E-state index contributed by atoms with van der Waals surface area (Å²) >= 11 is 6.04. The summed E-state index contributed by atoms with van der Waals surface area (Å²) in [6.07, 6.45) is -0.995. The maximum atomic E-state index is 12.4. The van der Waals surface area contributed by atoms with Crippen LogP contribution in [0.15, 0.2) is 30.5 Å². The zero-order valence-electron chi connectivity index (χ0n) is 12.9. The largest absolute Gasteiger partial charge is 0.487 e. The first-order valence-corrected chi connectivity index (χ1v) is 7.76. The molecule has 0 radical (unpaired) electrons. The Hall–Kier alpha value is -2.21. The number of carbonyl (C=O) groups is 1. The van der Waals surface area contributed by atoms with Crippen LogP contribution in [-0.2, 0) is 13.1 Å². The molecular weight excluding hydrogens is 338 g/mol. The van der Waals surface area contributed by atoms with Crippen LogP contribution < -0.4 is 4.74 Å². The summed E-state index contributed by atoms with van der Waals surface area (Å²) in [7, 11) is 0. The van der Waals surface area contributed by atoms with Gasteiger partial charge in [0.15, 0.2) is 0 Å². The van der Waals surface area contributed by atoms with Crippen molar-refractivity contribution in [1.29, 1.82) is 0 Å². The van der Waals surface area contributed by atoms with Gasteiger partial charge in [-0.15, -0.1) is 0 Å². The molecule has 1 amide bonds. The van der Waals surface area contributed by atoms with Crippen LogP contribution >= 0.6 is 11.6 Å². The second-order valence-corrected chi connectivity index (χ2v) is 5.95. The topological polar surface area (TPSA) is 42.4 Å². The van der Waals surface area contributed by atoms with Gasteiger partial charge in [0, 0.05) is 23.9 Å². The van der Waals surface area contributed by atoms with Crippen molar-refractivity contribution < 1.29 is 18.3 Å². The van der Waals surface area contributed by atoms with Gasteiger partial charge in [-0.2, -0.15) is 0 Å². The lowest BCUT2D eigenvalue weighted by atomic mass is 10.1. The van der Waals surface area contributed by atoms with E-state index in [0.29, 0.717) is 29.6 Å². The van der Waals surface area contributed by atoms with Crippen LogP contribution in [0.3, 0.4) is 0 Å². The van der Waals surface area contributed by atoms with Gasteiger partial charge in [0.25, 0.3) is 12.3 Å². The molecule has 4 nitrogen and oxygen atoms in total. The zero-order chi connectivity index (χ0) is 17.3. The van der Waals surface area contributed by atoms with Crippen LogP contribution in [-0.4, -0.2) is 28.8 Å². The minimum atomic E-state index is -2.51. The van der Waals surface area contributed by atoms with Gasteiger partial charge >= 0.3 is 0 Å². The van der Waals surface area contributed by atoms with Crippen molar-refractivity contribution in [1.82, 2.24) is 9.88 Å². The number of ether oxygens (including phenoxy) is 1. The molecule has 0 N–H and O–H groups in total. The molecule has 1 aliphatic heterocycles. The van der Waals surface area contributed by atoms with Crippen molar-refractivity contribution in [3.05, 3.63) is 57.9 Å². The number of hydrogen-bond donors (Lipinski definition) is 0. The molecule has 0 aliphatic carbocycles. The first kappa shape index (κ1) is 16.6. The Labute approximate surface area is 143 Å². The molecule has 0 saturated heterocycles. The quantitative estimate of drug-likeness (QED) is 0.768. The Balaban J connectivity index is 1.72. The lowest BCUT2D eigenvalue weighted by Crippen LogP contribution is -2.23. The Morgan fingerprint density at radius 2 is 2.17 bits per heavy atom. The van der Waals surface area contributed by atoms with Crippen molar-refractivity contribution in [3.8, 4) is 5.75 Å². The SMILES string of the molecule is Cc1cc(CN2Cc3c(ccnc3Cl)C2=O)ccc1OCC(F)F. The number of hydrogen-bond acceptors (Lipinski definition) is 3. The number of carbonyl (C=O) groups excluding carboxylic acids is 1. The minimum Gasteiger partial charge on any atom is -0.487 e. The number of pyridine rings is 1. The van der Waals surface area contributed by atoms with E-state index in [2.05, 4.69) is 4.98 Å². The average Bonchev–Trinajstić information content (AvgIpc) is 2.85. The number of nitrogens with zero attached hydrogens (tertiary/aromatic N) is 2. The summed E-state index contributed by atoms with van der Waals surface area (Å²) in [6, 6.07) is 6.91. The van der Waals surface area contributed by atoms with Crippen molar-refractivity contribution in [2.45, 2.75) is 26.4 Å². The molecule has 0 unspecified atom stereocenters. The van der Waals surface area contributed by atoms with Gasteiger partial charge in [-0.1, -0.05) is 23.7 Å². The van der Waals surface area contributed by atoms with Gasteiger partial charge in [-0.3, -0.25) is 4.79 Å². The molecule has 2 aromatic rings. The predicted octanol–water partition coefficient (Wildman–Crippen LogP) is 3.84. The third-order valence-corrected chi connectivity index (χ3v) is 4.17. The zero-order valence-corrected chi connectivity index (χ0v) is 13.7. The monoisotopic (exact) mass is 352 g/mol. The molecule has 3 rings (SSSR count). The van der Waals surface area contributed by atoms with E-state index in [0.717, 1.165) is 16.7 Å². The summed E-state index contributed by atoms with van der Waals surface area (Å²) < 4.78 is 29.5. The lowest BCUT2D eigenvalue weighted by Gasteiger charge is -2.17. The number of amides is 1. The number of alkyl halides is 2. The average molecular weight is 353 g/mol. The second-order valence-electron chi connectivity index (χ2n) is 5.59. The van der Waals surface area contributed by atoms with Crippen molar-refractivity contribution in [2.75, 3.05) is 6.61 Å². The van der Waals surface area contributed by atoms with Gasteiger partial charge in [0.2, 0.25) is 0 Å². The normalized spacial score (nSPS) is 13.5. The number of rotatable bonds is 5. The van der Waals surface area contributed by atoms with E-state index in [4.69, 9.17) is 16.3 Å². The summed E-state index contributed by atoms with van der Waals surface area (Å²) in [4.78, 5) is 18.1. The maximum absolute atomic E-state index is 12.4. The number of benzene rings is 1. The summed E-state index contributed by atoms with van der Waals surface area (Å²) in [5, 5.41) is 0.343. The van der Waals surface area contributed by atoms with Gasteiger partial charge in [0.1, 0.15) is 17.5 Å². The Kier molecular flexibility index (Phi) is 4.66. The first-order valence-electron chi connectivity index (χ1n) is 7.39. The molecule has 1 aromatic heterocycles. The highest BCUT2D eigenvalue weighted by atomic mass is 35.5. The molecule has 0 saturated carbocycles. The molecule has 7 heteroatoms. The molecule has 126 valence electrons. The Bertz CT molecular complexity index is 783. The number of fused-ring (bicyclic) bond motifs is 1. The summed E-state index contributed by atoms with van der Waals surface area (Å²) in [6.45, 7) is 1.96. The van der Waals surface area contributed by atoms with Crippen LogP contribution in [0.5, 0.6) is 5.75 Å². The van der Waals surface area contributed by atoms with Gasteiger partial charge in [-0.25, -0.2) is 13.8 Å². The molecule has 0 spiro atoms. The number of aromatic nitrogens is 1. The molecular formula is C17H15ClF2N2O2. The summed E-state index contributed by atoms with van der Waals surface area (Å²) in [5.41, 5.74) is 2.94. The van der Waals surface area contributed by atoms with Crippen molar-refractivity contribution in [2.24, 2.45) is 0 Å². The van der Waals surface area contributed by atoms with E-state index in [-0.39, 0.29) is 5.91 Å². The van der Waals surface area contributed by atoms with Crippen LogP contribution in [0.1, 0.15) is 27.0 Å². The van der Waals surface area contributed by atoms with E-state index in [1.807, 2.05) is 6.07 Å². The molecule has 2 heterocycles. The van der Waals surface area contributed by atoms with E-state index in [9.17, 15) is 13.6 Å².